The summed E-state index contributed by atoms with van der Waals surface area (Å²) >= 11 is 0. The van der Waals surface area contributed by atoms with Crippen LogP contribution in [0.25, 0.3) is 0 Å². The molecule has 0 aliphatic rings. The van der Waals surface area contributed by atoms with Gasteiger partial charge in [0.1, 0.15) is 11.5 Å². The van der Waals surface area contributed by atoms with Crippen molar-refractivity contribution in [3.05, 3.63) is 18.2 Å². The minimum Gasteiger partial charge on any atom is -0.494 e. The number of nitrogens with two attached hydrogens (primary N) is 1. The van der Waals surface area contributed by atoms with Crippen LogP contribution in [0.15, 0.2) is 18.2 Å². The number of hydrazine groups is 1. The highest BCUT2D eigenvalue weighted by atomic mass is 16.5. The van der Waals surface area contributed by atoms with Gasteiger partial charge in [-0.15, -0.1) is 0 Å². The Kier molecular flexibility index (Phi) is 4.07. The van der Waals surface area contributed by atoms with E-state index in [1.165, 1.54) is 0 Å². The molecule has 0 amide bonds. The zero-order chi connectivity index (χ0) is 10.4. The van der Waals surface area contributed by atoms with Gasteiger partial charge in [0.15, 0.2) is 0 Å². The zero-order valence-electron chi connectivity index (χ0n) is 8.54. The first-order chi connectivity index (χ1) is 6.81. The largest absolute Gasteiger partial charge is 0.494 e. The van der Waals surface area contributed by atoms with Crippen molar-refractivity contribution in [3.63, 3.8) is 0 Å². The Bertz CT molecular complexity index is 289. The molecule has 0 aromatic heterocycles. The van der Waals surface area contributed by atoms with Crippen LogP contribution in [0.2, 0.25) is 0 Å². The van der Waals surface area contributed by atoms with Crippen LogP contribution < -0.4 is 20.7 Å². The van der Waals surface area contributed by atoms with Crippen LogP contribution in [0.4, 0.5) is 5.69 Å². The molecule has 0 saturated heterocycles. The van der Waals surface area contributed by atoms with E-state index in [9.17, 15) is 0 Å². The van der Waals surface area contributed by atoms with E-state index in [1.807, 2.05) is 32.0 Å². The molecule has 0 aliphatic heterocycles. The van der Waals surface area contributed by atoms with Crippen LogP contribution in [0.3, 0.4) is 0 Å². The summed E-state index contributed by atoms with van der Waals surface area (Å²) in [6.45, 7) is 5.11. The summed E-state index contributed by atoms with van der Waals surface area (Å²) < 4.78 is 10.7. The van der Waals surface area contributed by atoms with E-state index >= 15 is 0 Å². The molecule has 1 aromatic rings. The van der Waals surface area contributed by atoms with Crippen LogP contribution in [0, 0.1) is 0 Å². The number of nitrogen functional groups attached to an aromatic ring is 1. The Balaban J connectivity index is 2.87. The molecular weight excluding hydrogens is 180 g/mol. The lowest BCUT2D eigenvalue weighted by Gasteiger charge is -2.11. The van der Waals surface area contributed by atoms with Gasteiger partial charge < -0.3 is 14.9 Å². The van der Waals surface area contributed by atoms with E-state index < -0.39 is 0 Å². The molecule has 1 rings (SSSR count). The van der Waals surface area contributed by atoms with Crippen molar-refractivity contribution in [2.24, 2.45) is 5.84 Å². The van der Waals surface area contributed by atoms with Gasteiger partial charge in [-0.25, -0.2) is 0 Å². The van der Waals surface area contributed by atoms with E-state index in [2.05, 4.69) is 5.43 Å². The molecule has 4 heteroatoms. The molecule has 0 unspecified atom stereocenters. The molecule has 0 aliphatic carbocycles. The maximum Gasteiger partial charge on any atom is 0.143 e. The van der Waals surface area contributed by atoms with Gasteiger partial charge in [-0.2, -0.15) is 0 Å². The molecule has 78 valence electrons. The minimum absolute atomic E-state index is 0.614. The molecule has 0 saturated carbocycles. The van der Waals surface area contributed by atoms with Crippen molar-refractivity contribution in [2.45, 2.75) is 13.8 Å². The van der Waals surface area contributed by atoms with Crippen molar-refractivity contribution < 1.29 is 9.47 Å². The number of benzene rings is 1. The summed E-state index contributed by atoms with van der Waals surface area (Å²) in [5.41, 5.74) is 3.31. The smallest absolute Gasteiger partial charge is 0.143 e. The number of nitrogens with one attached hydrogen (secondary N) is 1. The molecule has 0 atom stereocenters. The number of anilines is 1. The van der Waals surface area contributed by atoms with Crippen LogP contribution >= 0.6 is 0 Å². The second kappa shape index (κ2) is 5.34. The third-order valence-electron chi connectivity index (χ3n) is 1.72. The highest BCUT2D eigenvalue weighted by Crippen LogP contribution is 2.28. The van der Waals surface area contributed by atoms with E-state index in [4.69, 9.17) is 15.3 Å². The molecule has 0 radical (unpaired) electrons. The first-order valence-electron chi connectivity index (χ1n) is 4.68. The van der Waals surface area contributed by atoms with Gasteiger partial charge in [0.2, 0.25) is 0 Å². The number of hydrogen-bond donors (Lipinski definition) is 2. The number of hydrogen-bond acceptors (Lipinski definition) is 4. The third-order valence-corrected chi connectivity index (χ3v) is 1.72. The van der Waals surface area contributed by atoms with Crippen LogP contribution in [0.5, 0.6) is 11.5 Å². The van der Waals surface area contributed by atoms with Crippen LogP contribution in [-0.4, -0.2) is 13.2 Å². The third kappa shape index (κ3) is 2.53. The fourth-order valence-electron chi connectivity index (χ4n) is 1.16. The highest BCUT2D eigenvalue weighted by Gasteiger charge is 2.03. The molecule has 0 bridgehead atoms. The lowest BCUT2D eigenvalue weighted by atomic mass is 10.3. The van der Waals surface area contributed by atoms with Gasteiger partial charge in [0.25, 0.3) is 0 Å². The van der Waals surface area contributed by atoms with Crippen molar-refractivity contribution >= 4 is 5.69 Å². The van der Waals surface area contributed by atoms with Crippen LogP contribution in [-0.2, 0) is 0 Å². The Morgan fingerprint density at radius 3 is 2.50 bits per heavy atom. The van der Waals surface area contributed by atoms with E-state index in [0.29, 0.717) is 13.2 Å². The maximum atomic E-state index is 5.36. The van der Waals surface area contributed by atoms with Crippen LogP contribution in [0.1, 0.15) is 13.8 Å². The Hall–Kier alpha value is -1.42. The molecule has 0 fully saturated rings. The van der Waals surface area contributed by atoms with Gasteiger partial charge in [-0.1, -0.05) is 0 Å². The fourth-order valence-corrected chi connectivity index (χ4v) is 1.16. The lowest BCUT2D eigenvalue weighted by molar-refractivity contribution is 0.332. The summed E-state index contributed by atoms with van der Waals surface area (Å²) in [5, 5.41) is 0. The summed E-state index contributed by atoms with van der Waals surface area (Å²) in [6.07, 6.45) is 0. The van der Waals surface area contributed by atoms with Crippen molar-refractivity contribution in [2.75, 3.05) is 18.6 Å². The minimum atomic E-state index is 0.614. The predicted molar refractivity (Wildman–Crippen MR) is 56.6 cm³/mol. The summed E-state index contributed by atoms with van der Waals surface area (Å²) in [6, 6.07) is 5.51. The fraction of sp³-hybridized carbons (Fsp3) is 0.400. The van der Waals surface area contributed by atoms with E-state index in [0.717, 1.165) is 17.2 Å². The molecule has 14 heavy (non-hydrogen) atoms. The average molecular weight is 196 g/mol. The Morgan fingerprint density at radius 2 is 1.93 bits per heavy atom. The first-order valence-corrected chi connectivity index (χ1v) is 4.68. The van der Waals surface area contributed by atoms with Crippen molar-refractivity contribution in [1.29, 1.82) is 0 Å². The van der Waals surface area contributed by atoms with Crippen molar-refractivity contribution in [1.82, 2.24) is 0 Å². The molecule has 0 spiro atoms. The van der Waals surface area contributed by atoms with Gasteiger partial charge in [0, 0.05) is 6.07 Å². The quantitative estimate of drug-likeness (QED) is 0.556. The maximum absolute atomic E-state index is 5.36. The molecular formula is C10H16N2O2. The predicted octanol–water partition coefficient (Wildman–Crippen LogP) is 1.77. The second-order valence-corrected chi connectivity index (χ2v) is 2.67. The Labute approximate surface area is 84.0 Å². The van der Waals surface area contributed by atoms with Gasteiger partial charge in [-0.05, 0) is 26.0 Å². The zero-order valence-corrected chi connectivity index (χ0v) is 8.54. The molecule has 1 aromatic carbocycles. The number of ether oxygens (including phenoxy) is 2. The SMILES string of the molecule is CCOc1ccc(OCC)c(NN)c1. The summed E-state index contributed by atoms with van der Waals surface area (Å²) in [4.78, 5) is 0. The van der Waals surface area contributed by atoms with Gasteiger partial charge in [0.05, 0.1) is 18.9 Å². The Morgan fingerprint density at radius 1 is 1.21 bits per heavy atom. The summed E-state index contributed by atoms with van der Waals surface area (Å²) in [7, 11) is 0. The van der Waals surface area contributed by atoms with Gasteiger partial charge >= 0.3 is 0 Å². The second-order valence-electron chi connectivity index (χ2n) is 2.67. The molecule has 0 heterocycles. The standard InChI is InChI=1S/C10H16N2O2/c1-3-13-8-5-6-10(14-4-2)9(7-8)12-11/h5-7,12H,3-4,11H2,1-2H3. The van der Waals surface area contributed by atoms with E-state index in [1.54, 1.807) is 0 Å². The average Bonchev–Trinajstić information content (AvgIpc) is 2.21. The monoisotopic (exact) mass is 196 g/mol. The van der Waals surface area contributed by atoms with Gasteiger partial charge in [-0.3, -0.25) is 5.84 Å². The molecule has 4 nitrogen and oxygen atoms in total. The highest BCUT2D eigenvalue weighted by molar-refractivity contribution is 5.58. The molecule has 3 N–H and O–H groups in total. The normalized spacial score (nSPS) is 9.64. The van der Waals surface area contributed by atoms with Crippen molar-refractivity contribution in [3.8, 4) is 11.5 Å². The number of rotatable bonds is 5. The summed E-state index contributed by atoms with van der Waals surface area (Å²) in [5.74, 6) is 6.88. The lowest BCUT2D eigenvalue weighted by Crippen LogP contribution is -2.09. The topological polar surface area (TPSA) is 56.5 Å². The van der Waals surface area contributed by atoms with E-state index in [-0.39, 0.29) is 0 Å². The first kappa shape index (κ1) is 10.7.